The summed E-state index contributed by atoms with van der Waals surface area (Å²) in [6, 6.07) is 15.6. The molecule has 1 heterocycles. The van der Waals surface area contributed by atoms with Gasteiger partial charge in [-0.3, -0.25) is 4.79 Å². The van der Waals surface area contributed by atoms with Gasteiger partial charge in [0.1, 0.15) is 0 Å². The van der Waals surface area contributed by atoms with Crippen LogP contribution in [0.5, 0.6) is 0 Å². The molecule has 1 N–H and O–H groups in total. The molecule has 3 aromatic rings. The lowest BCUT2D eigenvalue weighted by atomic mass is 10.0. The van der Waals surface area contributed by atoms with Gasteiger partial charge in [-0.1, -0.05) is 48.0 Å². The number of aryl methyl sites for hydroxylation is 1. The Labute approximate surface area is 122 Å². The van der Waals surface area contributed by atoms with E-state index in [1.165, 1.54) is 5.56 Å². The summed E-state index contributed by atoms with van der Waals surface area (Å²) in [5.41, 5.74) is 2.83. The van der Waals surface area contributed by atoms with E-state index in [9.17, 15) is 4.79 Å². The van der Waals surface area contributed by atoms with Crippen molar-refractivity contribution in [2.24, 2.45) is 0 Å². The van der Waals surface area contributed by atoms with E-state index in [1.54, 1.807) is 6.20 Å². The Hall–Kier alpha value is -2.06. The van der Waals surface area contributed by atoms with Crippen LogP contribution in [0.25, 0.3) is 10.9 Å². The first-order chi connectivity index (χ1) is 9.74. The maximum Gasteiger partial charge on any atom is 0.165 e. The van der Waals surface area contributed by atoms with Crippen LogP contribution in [0.15, 0.2) is 54.7 Å². The van der Waals surface area contributed by atoms with Crippen molar-refractivity contribution in [1.82, 2.24) is 4.98 Å². The highest BCUT2D eigenvalue weighted by molar-refractivity contribution is 6.31. The molecule has 0 aliphatic carbocycles. The molecule has 0 saturated carbocycles. The number of rotatable bonds is 4. The summed E-state index contributed by atoms with van der Waals surface area (Å²) in [5, 5.41) is 1.61. The molecule has 0 amide bonds. The number of aromatic amines is 1. The average Bonchev–Trinajstić information content (AvgIpc) is 2.89. The molecule has 0 fully saturated rings. The van der Waals surface area contributed by atoms with Gasteiger partial charge in [0.2, 0.25) is 0 Å². The molecular weight excluding hydrogens is 270 g/mol. The number of carbonyl (C=O) groups is 1. The van der Waals surface area contributed by atoms with Gasteiger partial charge >= 0.3 is 0 Å². The van der Waals surface area contributed by atoms with Gasteiger partial charge in [-0.2, -0.15) is 0 Å². The summed E-state index contributed by atoms with van der Waals surface area (Å²) in [7, 11) is 0. The second-order valence-electron chi connectivity index (χ2n) is 4.80. The van der Waals surface area contributed by atoms with Gasteiger partial charge in [0, 0.05) is 34.1 Å². The molecule has 0 unspecified atom stereocenters. The minimum atomic E-state index is 0.155. The number of hydrogen-bond acceptors (Lipinski definition) is 1. The number of nitrogens with one attached hydrogen (secondary N) is 1. The first-order valence-corrected chi connectivity index (χ1v) is 6.95. The average molecular weight is 284 g/mol. The highest BCUT2D eigenvalue weighted by atomic mass is 35.5. The number of carbonyl (C=O) groups excluding carboxylic acids is 1. The van der Waals surface area contributed by atoms with Crippen molar-refractivity contribution in [3.8, 4) is 0 Å². The lowest BCUT2D eigenvalue weighted by Crippen LogP contribution is -2.00. The lowest BCUT2D eigenvalue weighted by Gasteiger charge is -2.01. The molecule has 2 aromatic carbocycles. The summed E-state index contributed by atoms with van der Waals surface area (Å²) in [6.45, 7) is 0. The standard InChI is InChI=1S/C17H14ClNO/c18-13-7-8-14-15(11-19-16(14)10-13)17(20)9-6-12-4-2-1-3-5-12/h1-5,7-8,10-11,19H,6,9H2. The fourth-order valence-corrected chi connectivity index (χ4v) is 2.54. The van der Waals surface area contributed by atoms with E-state index in [4.69, 9.17) is 11.6 Å². The Kier molecular flexibility index (Phi) is 3.57. The molecule has 3 heteroatoms. The zero-order valence-corrected chi connectivity index (χ0v) is 11.7. The number of fused-ring (bicyclic) bond motifs is 1. The SMILES string of the molecule is O=C(CCc1ccccc1)c1c[nH]c2cc(Cl)ccc12. The van der Waals surface area contributed by atoms with Crippen LogP contribution in [0.1, 0.15) is 22.3 Å². The number of hydrogen-bond donors (Lipinski definition) is 1. The Morgan fingerprint density at radius 2 is 1.90 bits per heavy atom. The Morgan fingerprint density at radius 1 is 1.10 bits per heavy atom. The zero-order chi connectivity index (χ0) is 13.9. The molecule has 0 atom stereocenters. The quantitative estimate of drug-likeness (QED) is 0.695. The first-order valence-electron chi connectivity index (χ1n) is 6.58. The van der Waals surface area contributed by atoms with Gasteiger partial charge in [0.05, 0.1) is 0 Å². The molecular formula is C17H14ClNO. The Balaban J connectivity index is 1.79. The first kappa shape index (κ1) is 12.9. The van der Waals surface area contributed by atoms with Crippen molar-refractivity contribution in [3.05, 3.63) is 70.9 Å². The highest BCUT2D eigenvalue weighted by Gasteiger charge is 2.12. The number of aromatic nitrogens is 1. The Bertz CT molecular complexity index is 746. The summed E-state index contributed by atoms with van der Waals surface area (Å²) in [6.07, 6.45) is 3.05. The minimum Gasteiger partial charge on any atom is -0.360 e. The maximum absolute atomic E-state index is 12.3. The predicted molar refractivity (Wildman–Crippen MR) is 82.4 cm³/mol. The fourth-order valence-electron chi connectivity index (χ4n) is 2.37. The van der Waals surface area contributed by atoms with Crippen LogP contribution in [-0.2, 0) is 6.42 Å². The van der Waals surface area contributed by atoms with Crippen molar-refractivity contribution in [2.75, 3.05) is 0 Å². The topological polar surface area (TPSA) is 32.9 Å². The summed E-state index contributed by atoms with van der Waals surface area (Å²) in [4.78, 5) is 15.4. The van der Waals surface area contributed by atoms with Crippen LogP contribution in [0.2, 0.25) is 5.02 Å². The fraction of sp³-hybridized carbons (Fsp3) is 0.118. The van der Waals surface area contributed by atoms with Gasteiger partial charge in [-0.15, -0.1) is 0 Å². The second kappa shape index (κ2) is 5.51. The van der Waals surface area contributed by atoms with Crippen molar-refractivity contribution < 1.29 is 4.79 Å². The summed E-state index contributed by atoms with van der Waals surface area (Å²) < 4.78 is 0. The molecule has 0 saturated heterocycles. The predicted octanol–water partition coefficient (Wildman–Crippen LogP) is 4.64. The largest absolute Gasteiger partial charge is 0.360 e. The molecule has 0 aliphatic rings. The Morgan fingerprint density at radius 3 is 2.70 bits per heavy atom. The molecule has 0 spiro atoms. The van der Waals surface area contributed by atoms with Crippen LogP contribution >= 0.6 is 11.6 Å². The normalized spacial score (nSPS) is 10.8. The summed E-state index contributed by atoms with van der Waals surface area (Å²) in [5.74, 6) is 0.155. The minimum absolute atomic E-state index is 0.155. The molecule has 20 heavy (non-hydrogen) atoms. The van der Waals surface area contributed by atoms with E-state index in [1.807, 2.05) is 48.5 Å². The highest BCUT2D eigenvalue weighted by Crippen LogP contribution is 2.23. The van der Waals surface area contributed by atoms with Crippen LogP contribution in [-0.4, -0.2) is 10.8 Å². The third-order valence-corrected chi connectivity index (χ3v) is 3.66. The van der Waals surface area contributed by atoms with Crippen molar-refractivity contribution in [1.29, 1.82) is 0 Å². The molecule has 1 aromatic heterocycles. The van der Waals surface area contributed by atoms with Crippen LogP contribution in [0.4, 0.5) is 0 Å². The molecule has 0 radical (unpaired) electrons. The zero-order valence-electron chi connectivity index (χ0n) is 10.9. The molecule has 2 nitrogen and oxygen atoms in total. The van der Waals surface area contributed by atoms with E-state index in [0.717, 1.165) is 22.9 Å². The van der Waals surface area contributed by atoms with Crippen LogP contribution in [0.3, 0.4) is 0 Å². The number of halogens is 1. The van der Waals surface area contributed by atoms with Crippen molar-refractivity contribution in [2.45, 2.75) is 12.8 Å². The van der Waals surface area contributed by atoms with E-state index in [2.05, 4.69) is 4.98 Å². The van der Waals surface area contributed by atoms with Gasteiger partial charge in [0.25, 0.3) is 0 Å². The number of Topliss-reactive ketones (excluding diaryl/α,β-unsaturated/α-hetero) is 1. The molecule has 3 rings (SSSR count). The van der Waals surface area contributed by atoms with E-state index < -0.39 is 0 Å². The third kappa shape index (κ3) is 2.61. The second-order valence-corrected chi connectivity index (χ2v) is 5.24. The third-order valence-electron chi connectivity index (χ3n) is 3.43. The van der Waals surface area contributed by atoms with E-state index in [0.29, 0.717) is 11.4 Å². The van der Waals surface area contributed by atoms with Crippen molar-refractivity contribution in [3.63, 3.8) is 0 Å². The monoisotopic (exact) mass is 283 g/mol. The molecule has 0 bridgehead atoms. The molecule has 0 aliphatic heterocycles. The van der Waals surface area contributed by atoms with Gasteiger partial charge in [-0.05, 0) is 24.1 Å². The lowest BCUT2D eigenvalue weighted by molar-refractivity contribution is 0.0984. The molecule has 100 valence electrons. The van der Waals surface area contributed by atoms with Crippen LogP contribution < -0.4 is 0 Å². The smallest absolute Gasteiger partial charge is 0.165 e. The number of H-pyrrole nitrogens is 1. The van der Waals surface area contributed by atoms with E-state index in [-0.39, 0.29) is 5.78 Å². The van der Waals surface area contributed by atoms with Crippen molar-refractivity contribution >= 4 is 28.3 Å². The van der Waals surface area contributed by atoms with E-state index >= 15 is 0 Å². The van der Waals surface area contributed by atoms with Gasteiger partial charge in [-0.25, -0.2) is 0 Å². The number of benzene rings is 2. The maximum atomic E-state index is 12.3. The van der Waals surface area contributed by atoms with Gasteiger partial charge < -0.3 is 4.98 Å². The van der Waals surface area contributed by atoms with Crippen LogP contribution in [0, 0.1) is 0 Å². The van der Waals surface area contributed by atoms with Gasteiger partial charge in [0.15, 0.2) is 5.78 Å². The number of ketones is 1. The summed E-state index contributed by atoms with van der Waals surface area (Å²) >= 11 is 5.94.